The van der Waals surface area contributed by atoms with Crippen LogP contribution in [0.5, 0.6) is 5.75 Å². The standard InChI is InChI=1S/C30H51NO/c1-3-5-6-7-8-9-10-11-12-13-14-15-16-17-18-19-20-21-24-29(4-2)32-30-25-22-23-28(26-30)27-31/h22-23,25-26,29H,3-21,24H2,1-2H3/t29-/m0/s1. The fraction of sp³-hybridized carbons (Fsp3) is 0.767. The van der Waals surface area contributed by atoms with Crippen LogP contribution in [0.15, 0.2) is 24.3 Å². The van der Waals surface area contributed by atoms with Crippen molar-refractivity contribution in [1.82, 2.24) is 0 Å². The molecule has 0 aliphatic carbocycles. The topological polar surface area (TPSA) is 33.0 Å². The van der Waals surface area contributed by atoms with Crippen molar-refractivity contribution in [3.63, 3.8) is 0 Å². The van der Waals surface area contributed by atoms with Crippen molar-refractivity contribution in [3.05, 3.63) is 29.8 Å². The lowest BCUT2D eigenvalue weighted by Crippen LogP contribution is -2.15. The molecule has 0 unspecified atom stereocenters. The van der Waals surface area contributed by atoms with Crippen LogP contribution < -0.4 is 4.74 Å². The van der Waals surface area contributed by atoms with Gasteiger partial charge in [-0.3, -0.25) is 0 Å². The zero-order valence-corrected chi connectivity index (χ0v) is 21.4. The van der Waals surface area contributed by atoms with Gasteiger partial charge in [0.15, 0.2) is 0 Å². The summed E-state index contributed by atoms with van der Waals surface area (Å²) in [7, 11) is 0. The summed E-state index contributed by atoms with van der Waals surface area (Å²) in [6.45, 7) is 4.48. The molecule has 0 amide bonds. The Hall–Kier alpha value is -1.49. The van der Waals surface area contributed by atoms with Crippen LogP contribution in [-0.4, -0.2) is 6.10 Å². The van der Waals surface area contributed by atoms with Gasteiger partial charge in [0.05, 0.1) is 17.7 Å². The van der Waals surface area contributed by atoms with Crippen LogP contribution in [-0.2, 0) is 0 Å². The van der Waals surface area contributed by atoms with E-state index in [2.05, 4.69) is 19.9 Å². The second-order valence-electron chi connectivity index (χ2n) is 9.59. The quantitative estimate of drug-likeness (QED) is 0.168. The van der Waals surface area contributed by atoms with Gasteiger partial charge < -0.3 is 4.74 Å². The maximum absolute atomic E-state index is 9.02. The van der Waals surface area contributed by atoms with Gasteiger partial charge in [0.2, 0.25) is 0 Å². The summed E-state index contributed by atoms with van der Waals surface area (Å²) in [5.74, 6) is 0.832. The second-order valence-corrected chi connectivity index (χ2v) is 9.59. The van der Waals surface area contributed by atoms with E-state index in [-0.39, 0.29) is 6.10 Å². The monoisotopic (exact) mass is 441 g/mol. The number of benzene rings is 1. The van der Waals surface area contributed by atoms with Crippen LogP contribution in [0.4, 0.5) is 0 Å². The summed E-state index contributed by atoms with van der Waals surface area (Å²) in [5.41, 5.74) is 0.672. The maximum atomic E-state index is 9.02. The Morgan fingerprint density at radius 2 is 1.16 bits per heavy atom. The molecule has 0 saturated heterocycles. The predicted molar refractivity (Wildman–Crippen MR) is 139 cm³/mol. The molecule has 2 heteroatoms. The zero-order valence-electron chi connectivity index (χ0n) is 21.4. The van der Waals surface area contributed by atoms with Gasteiger partial charge in [-0.25, -0.2) is 0 Å². The molecular formula is C30H51NO. The summed E-state index contributed by atoms with van der Waals surface area (Å²) in [5, 5.41) is 9.02. The minimum atomic E-state index is 0.269. The van der Waals surface area contributed by atoms with E-state index < -0.39 is 0 Å². The lowest BCUT2D eigenvalue weighted by atomic mass is 10.0. The van der Waals surface area contributed by atoms with E-state index in [1.165, 1.54) is 116 Å². The lowest BCUT2D eigenvalue weighted by Gasteiger charge is -2.17. The highest BCUT2D eigenvalue weighted by Gasteiger charge is 2.08. The van der Waals surface area contributed by atoms with E-state index in [0.717, 1.165) is 18.6 Å². The van der Waals surface area contributed by atoms with Crippen molar-refractivity contribution >= 4 is 0 Å². The third-order valence-electron chi connectivity index (χ3n) is 6.60. The van der Waals surface area contributed by atoms with E-state index in [9.17, 15) is 0 Å². The van der Waals surface area contributed by atoms with Gasteiger partial charge in [0, 0.05) is 0 Å². The van der Waals surface area contributed by atoms with Crippen molar-refractivity contribution in [2.45, 2.75) is 148 Å². The molecule has 1 atom stereocenters. The Labute approximate surface area is 200 Å². The highest BCUT2D eigenvalue weighted by Crippen LogP contribution is 2.19. The zero-order chi connectivity index (χ0) is 23.1. The first kappa shape index (κ1) is 28.5. The average molecular weight is 442 g/mol. The van der Waals surface area contributed by atoms with Gasteiger partial charge in [-0.05, 0) is 37.5 Å². The SMILES string of the molecule is CCCCCCCCCCCCCCCCCCCC[C@H](CC)Oc1cccc(C#N)c1. The van der Waals surface area contributed by atoms with E-state index >= 15 is 0 Å². The number of hydrogen-bond acceptors (Lipinski definition) is 2. The van der Waals surface area contributed by atoms with Crippen LogP contribution in [0.2, 0.25) is 0 Å². The van der Waals surface area contributed by atoms with Gasteiger partial charge in [0.25, 0.3) is 0 Å². The Morgan fingerprint density at radius 1 is 0.688 bits per heavy atom. The summed E-state index contributed by atoms with van der Waals surface area (Å²) in [4.78, 5) is 0. The lowest BCUT2D eigenvalue weighted by molar-refractivity contribution is 0.182. The van der Waals surface area contributed by atoms with E-state index in [1.807, 2.05) is 24.3 Å². The third kappa shape index (κ3) is 16.2. The van der Waals surface area contributed by atoms with E-state index in [0.29, 0.717) is 5.56 Å². The molecule has 0 bridgehead atoms. The largest absolute Gasteiger partial charge is 0.490 e. The number of nitriles is 1. The molecule has 0 aliphatic rings. The first-order valence-electron chi connectivity index (χ1n) is 14.0. The summed E-state index contributed by atoms with van der Waals surface area (Å²) < 4.78 is 6.09. The van der Waals surface area contributed by atoms with Crippen molar-refractivity contribution in [1.29, 1.82) is 5.26 Å². The molecule has 0 N–H and O–H groups in total. The smallest absolute Gasteiger partial charge is 0.121 e. The summed E-state index contributed by atoms with van der Waals surface area (Å²) >= 11 is 0. The second kappa shape index (κ2) is 21.4. The molecule has 0 fully saturated rings. The van der Waals surface area contributed by atoms with Gasteiger partial charge in [-0.2, -0.15) is 5.26 Å². The molecule has 0 saturated carbocycles. The molecule has 0 radical (unpaired) electrons. The van der Waals surface area contributed by atoms with Gasteiger partial charge >= 0.3 is 0 Å². The molecular weight excluding hydrogens is 390 g/mol. The first-order valence-corrected chi connectivity index (χ1v) is 14.0. The maximum Gasteiger partial charge on any atom is 0.121 e. The number of nitrogens with zero attached hydrogens (tertiary/aromatic N) is 1. The Kier molecular flexibility index (Phi) is 19.1. The number of unbranched alkanes of at least 4 members (excludes halogenated alkanes) is 17. The van der Waals surface area contributed by atoms with Crippen LogP contribution >= 0.6 is 0 Å². The van der Waals surface area contributed by atoms with Crippen molar-refractivity contribution in [2.75, 3.05) is 0 Å². The Bertz CT molecular complexity index is 576. The molecule has 1 aromatic rings. The summed E-state index contributed by atoms with van der Waals surface area (Å²) in [6.07, 6.45) is 27.9. The van der Waals surface area contributed by atoms with Crippen LogP contribution in [0.3, 0.4) is 0 Å². The van der Waals surface area contributed by atoms with E-state index in [1.54, 1.807) is 0 Å². The molecule has 2 nitrogen and oxygen atoms in total. The highest BCUT2D eigenvalue weighted by molar-refractivity contribution is 5.36. The molecule has 1 rings (SSSR count). The van der Waals surface area contributed by atoms with Gasteiger partial charge in [-0.15, -0.1) is 0 Å². The highest BCUT2D eigenvalue weighted by atomic mass is 16.5. The number of hydrogen-bond donors (Lipinski definition) is 0. The van der Waals surface area contributed by atoms with Crippen molar-refractivity contribution in [3.8, 4) is 11.8 Å². The fourth-order valence-corrected chi connectivity index (χ4v) is 4.45. The molecule has 1 aromatic carbocycles. The van der Waals surface area contributed by atoms with E-state index in [4.69, 9.17) is 10.00 Å². The van der Waals surface area contributed by atoms with Crippen LogP contribution in [0.1, 0.15) is 148 Å². The first-order chi connectivity index (χ1) is 15.8. The van der Waals surface area contributed by atoms with Crippen LogP contribution in [0, 0.1) is 11.3 Å². The molecule has 0 aliphatic heterocycles. The molecule has 0 heterocycles. The fourth-order valence-electron chi connectivity index (χ4n) is 4.45. The average Bonchev–Trinajstić information content (AvgIpc) is 2.82. The third-order valence-corrected chi connectivity index (χ3v) is 6.60. The summed E-state index contributed by atoms with van der Waals surface area (Å²) in [6, 6.07) is 9.71. The molecule has 182 valence electrons. The molecule has 0 aromatic heterocycles. The molecule has 0 spiro atoms. The predicted octanol–water partition coefficient (Wildman–Crippen LogP) is 10.1. The molecule has 32 heavy (non-hydrogen) atoms. The van der Waals surface area contributed by atoms with Crippen molar-refractivity contribution < 1.29 is 4.74 Å². The normalized spacial score (nSPS) is 11.9. The number of rotatable bonds is 22. The van der Waals surface area contributed by atoms with Gasteiger partial charge in [-0.1, -0.05) is 129 Å². The Morgan fingerprint density at radius 3 is 1.59 bits per heavy atom. The number of ether oxygens (including phenoxy) is 1. The minimum Gasteiger partial charge on any atom is -0.490 e. The Balaban J connectivity index is 1.86. The van der Waals surface area contributed by atoms with Crippen molar-refractivity contribution in [2.24, 2.45) is 0 Å². The van der Waals surface area contributed by atoms with Gasteiger partial charge in [0.1, 0.15) is 5.75 Å². The minimum absolute atomic E-state index is 0.269. The van der Waals surface area contributed by atoms with Crippen LogP contribution in [0.25, 0.3) is 0 Å².